The number of para-hydroxylation sites is 1. The summed E-state index contributed by atoms with van der Waals surface area (Å²) in [5.41, 5.74) is 0.287. The summed E-state index contributed by atoms with van der Waals surface area (Å²) in [6, 6.07) is 15.7. The Morgan fingerprint density at radius 1 is 0.889 bits per heavy atom. The molecule has 0 aliphatic heterocycles. The quantitative estimate of drug-likeness (QED) is 0.671. The number of anilines is 1. The summed E-state index contributed by atoms with van der Waals surface area (Å²) >= 11 is 0. The second kappa shape index (κ2) is 7.55. The van der Waals surface area contributed by atoms with Gasteiger partial charge in [0.05, 0.1) is 4.90 Å². The molecule has 0 heterocycles. The molecule has 3 rings (SSSR count). The Hall–Kier alpha value is -3.26. The van der Waals surface area contributed by atoms with Crippen LogP contribution in [0.4, 0.5) is 19.3 Å². The van der Waals surface area contributed by atoms with Crippen molar-refractivity contribution in [3.05, 3.63) is 84.4 Å². The van der Waals surface area contributed by atoms with Crippen LogP contribution < -0.4 is 10.1 Å². The van der Waals surface area contributed by atoms with Crippen molar-refractivity contribution < 1.29 is 26.7 Å². The van der Waals surface area contributed by atoms with E-state index in [9.17, 15) is 22.0 Å². The molecule has 0 saturated heterocycles. The fourth-order valence-corrected chi connectivity index (χ4v) is 3.59. The summed E-state index contributed by atoms with van der Waals surface area (Å²) in [5, 5.41) is 2.45. The molecule has 0 saturated carbocycles. The van der Waals surface area contributed by atoms with Gasteiger partial charge >= 0.3 is 6.09 Å². The zero-order valence-corrected chi connectivity index (χ0v) is 14.5. The van der Waals surface area contributed by atoms with Gasteiger partial charge in [-0.3, -0.25) is 5.32 Å². The van der Waals surface area contributed by atoms with Crippen molar-refractivity contribution in [3.63, 3.8) is 0 Å². The molecule has 138 valence electrons. The highest BCUT2D eigenvalue weighted by molar-refractivity contribution is 7.91. The normalized spacial score (nSPS) is 11.0. The molecule has 1 amide bonds. The molecule has 0 radical (unpaired) electrons. The van der Waals surface area contributed by atoms with E-state index in [0.717, 1.165) is 12.1 Å². The third-order valence-corrected chi connectivity index (χ3v) is 5.35. The Labute approximate surface area is 154 Å². The van der Waals surface area contributed by atoms with Crippen LogP contribution in [0.1, 0.15) is 0 Å². The van der Waals surface area contributed by atoms with Crippen molar-refractivity contribution in [1.29, 1.82) is 0 Å². The van der Waals surface area contributed by atoms with Gasteiger partial charge in [-0.15, -0.1) is 0 Å². The first-order chi connectivity index (χ1) is 12.9. The van der Waals surface area contributed by atoms with Crippen LogP contribution in [-0.2, 0) is 9.84 Å². The fraction of sp³-hybridized carbons (Fsp3) is 0. The van der Waals surface area contributed by atoms with Crippen LogP contribution in [0.25, 0.3) is 0 Å². The van der Waals surface area contributed by atoms with Gasteiger partial charge in [-0.25, -0.2) is 22.0 Å². The SMILES string of the molecule is O=C(Nc1ccc(S(=O)(=O)c2ccc(F)cc2F)cc1)Oc1ccccc1. The molecule has 0 unspecified atom stereocenters. The third-order valence-electron chi connectivity index (χ3n) is 3.55. The number of ether oxygens (including phenoxy) is 1. The van der Waals surface area contributed by atoms with Gasteiger partial charge in [0.25, 0.3) is 0 Å². The average Bonchev–Trinajstić information content (AvgIpc) is 2.62. The van der Waals surface area contributed by atoms with Gasteiger partial charge < -0.3 is 4.74 Å². The van der Waals surface area contributed by atoms with Gasteiger partial charge in [0.1, 0.15) is 22.3 Å². The molecule has 0 atom stereocenters. The summed E-state index contributed by atoms with van der Waals surface area (Å²) in [7, 11) is -4.17. The lowest BCUT2D eigenvalue weighted by Gasteiger charge is -2.09. The molecular weight excluding hydrogens is 376 g/mol. The van der Waals surface area contributed by atoms with Gasteiger partial charge in [-0.05, 0) is 48.5 Å². The minimum Gasteiger partial charge on any atom is -0.410 e. The highest BCUT2D eigenvalue weighted by atomic mass is 32.2. The van der Waals surface area contributed by atoms with Crippen LogP contribution in [0.2, 0.25) is 0 Å². The number of carbonyl (C=O) groups excluding carboxylic acids is 1. The lowest BCUT2D eigenvalue weighted by molar-refractivity contribution is 0.215. The van der Waals surface area contributed by atoms with Gasteiger partial charge in [0.2, 0.25) is 9.84 Å². The second-order valence-corrected chi connectivity index (χ2v) is 7.35. The Morgan fingerprint density at radius 2 is 1.56 bits per heavy atom. The van der Waals surface area contributed by atoms with E-state index in [4.69, 9.17) is 4.74 Å². The number of hydrogen-bond acceptors (Lipinski definition) is 4. The van der Waals surface area contributed by atoms with Gasteiger partial charge in [0, 0.05) is 11.8 Å². The van der Waals surface area contributed by atoms with Crippen LogP contribution in [0.3, 0.4) is 0 Å². The zero-order valence-electron chi connectivity index (χ0n) is 13.7. The van der Waals surface area contributed by atoms with Gasteiger partial charge in [-0.1, -0.05) is 18.2 Å². The molecule has 0 aromatic heterocycles. The molecule has 0 bridgehead atoms. The minimum atomic E-state index is -4.17. The number of hydrogen-bond donors (Lipinski definition) is 1. The highest BCUT2D eigenvalue weighted by Crippen LogP contribution is 2.25. The van der Waals surface area contributed by atoms with E-state index < -0.39 is 32.5 Å². The van der Waals surface area contributed by atoms with E-state index in [2.05, 4.69) is 5.32 Å². The molecule has 0 aliphatic carbocycles. The first-order valence-corrected chi connectivity index (χ1v) is 9.19. The standard InChI is InChI=1S/C19H13F2NO4S/c20-13-6-11-18(17(21)12-13)27(24,25)16-9-7-14(8-10-16)22-19(23)26-15-4-2-1-3-5-15/h1-12H,(H,22,23). The van der Waals surface area contributed by atoms with E-state index in [1.807, 2.05) is 0 Å². The molecule has 5 nitrogen and oxygen atoms in total. The van der Waals surface area contributed by atoms with Crippen molar-refractivity contribution in [1.82, 2.24) is 0 Å². The average molecular weight is 389 g/mol. The second-order valence-electron chi connectivity index (χ2n) is 5.43. The Bertz CT molecular complexity index is 1070. The number of nitrogens with one attached hydrogen (secondary N) is 1. The monoisotopic (exact) mass is 389 g/mol. The first-order valence-electron chi connectivity index (χ1n) is 7.70. The maximum atomic E-state index is 13.8. The lowest BCUT2D eigenvalue weighted by atomic mass is 10.3. The predicted octanol–water partition coefficient (Wildman–Crippen LogP) is 4.41. The number of halogens is 2. The van der Waals surface area contributed by atoms with Crippen molar-refractivity contribution in [2.24, 2.45) is 0 Å². The number of carbonyl (C=O) groups is 1. The molecular formula is C19H13F2NO4S. The molecule has 0 fully saturated rings. The largest absolute Gasteiger partial charge is 0.417 e. The van der Waals surface area contributed by atoms with Gasteiger partial charge in [0.15, 0.2) is 0 Å². The van der Waals surface area contributed by atoms with E-state index in [0.29, 0.717) is 11.8 Å². The topological polar surface area (TPSA) is 72.5 Å². The number of amides is 1. The number of benzene rings is 3. The minimum absolute atomic E-state index is 0.199. The molecule has 3 aromatic rings. The predicted molar refractivity (Wildman–Crippen MR) is 94.3 cm³/mol. The fourth-order valence-electron chi connectivity index (χ4n) is 2.28. The maximum Gasteiger partial charge on any atom is 0.417 e. The van der Waals surface area contributed by atoms with E-state index in [1.165, 1.54) is 24.3 Å². The van der Waals surface area contributed by atoms with Gasteiger partial charge in [-0.2, -0.15) is 0 Å². The van der Waals surface area contributed by atoms with Crippen molar-refractivity contribution in [2.45, 2.75) is 9.79 Å². The smallest absolute Gasteiger partial charge is 0.410 e. The van der Waals surface area contributed by atoms with Crippen LogP contribution in [-0.4, -0.2) is 14.5 Å². The summed E-state index contributed by atoms with van der Waals surface area (Å²) in [6.45, 7) is 0. The molecule has 8 heteroatoms. The molecule has 27 heavy (non-hydrogen) atoms. The van der Waals surface area contributed by atoms with Crippen molar-refractivity contribution >= 4 is 21.6 Å². The lowest BCUT2D eigenvalue weighted by Crippen LogP contribution is -2.16. The summed E-state index contributed by atoms with van der Waals surface area (Å²) in [5.74, 6) is -1.70. The van der Waals surface area contributed by atoms with E-state index >= 15 is 0 Å². The van der Waals surface area contributed by atoms with E-state index in [1.54, 1.807) is 30.3 Å². The van der Waals surface area contributed by atoms with Crippen LogP contribution in [0.15, 0.2) is 82.6 Å². The number of sulfone groups is 1. The summed E-state index contributed by atoms with van der Waals surface area (Å²) in [4.78, 5) is 11.0. The summed E-state index contributed by atoms with van der Waals surface area (Å²) in [6.07, 6.45) is -0.749. The Morgan fingerprint density at radius 3 is 2.19 bits per heavy atom. The number of rotatable bonds is 4. The summed E-state index contributed by atoms with van der Waals surface area (Å²) < 4.78 is 56.8. The Balaban J connectivity index is 1.75. The highest BCUT2D eigenvalue weighted by Gasteiger charge is 2.22. The molecule has 0 spiro atoms. The Kier molecular flexibility index (Phi) is 5.18. The van der Waals surface area contributed by atoms with Crippen LogP contribution in [0.5, 0.6) is 5.75 Å². The van der Waals surface area contributed by atoms with Crippen LogP contribution in [0, 0.1) is 11.6 Å². The molecule has 0 aliphatic rings. The maximum absolute atomic E-state index is 13.8. The van der Waals surface area contributed by atoms with Crippen molar-refractivity contribution in [3.8, 4) is 5.75 Å². The molecule has 1 N–H and O–H groups in total. The first kappa shape index (κ1) is 18.5. The van der Waals surface area contributed by atoms with Crippen LogP contribution >= 0.6 is 0 Å². The zero-order chi connectivity index (χ0) is 19.4. The molecule has 3 aromatic carbocycles. The van der Waals surface area contributed by atoms with E-state index in [-0.39, 0.29) is 10.6 Å². The third kappa shape index (κ3) is 4.29. The van der Waals surface area contributed by atoms with Crippen molar-refractivity contribution in [2.75, 3.05) is 5.32 Å².